The van der Waals surface area contributed by atoms with Crippen molar-refractivity contribution in [1.82, 2.24) is 9.80 Å². The first-order chi connectivity index (χ1) is 13.2. The van der Waals surface area contributed by atoms with E-state index in [1.54, 1.807) is 0 Å². The normalized spacial score (nSPS) is 16.7. The van der Waals surface area contributed by atoms with Crippen molar-refractivity contribution < 1.29 is 43.1 Å². The molecule has 2 aliphatic rings. The van der Waals surface area contributed by atoms with Crippen LogP contribution in [0.2, 0.25) is 0 Å². The van der Waals surface area contributed by atoms with Gasteiger partial charge < -0.3 is 4.74 Å². The van der Waals surface area contributed by atoms with Crippen LogP contribution in [-0.4, -0.2) is 63.6 Å². The molecule has 0 N–H and O–H groups in total. The molecule has 0 saturated carbocycles. The number of hydrogen-bond acceptors (Lipinski definition) is 9. The summed E-state index contributed by atoms with van der Waals surface area (Å²) in [5, 5.41) is 0. The minimum atomic E-state index is -0.878. The van der Waals surface area contributed by atoms with E-state index in [2.05, 4.69) is 4.74 Å². The minimum Gasteiger partial charge on any atom is -0.458 e. The number of esters is 1. The fourth-order valence-electron chi connectivity index (χ4n) is 2.69. The Bertz CT molecular complexity index is 675. The smallest absolute Gasteiger partial charge is 0.306 e. The summed E-state index contributed by atoms with van der Waals surface area (Å²) in [6, 6.07) is 0. The zero-order valence-corrected chi connectivity index (χ0v) is 14.9. The lowest BCUT2D eigenvalue weighted by molar-refractivity contribution is -0.154. The van der Waals surface area contributed by atoms with Crippen LogP contribution in [0, 0.1) is 0 Å². The van der Waals surface area contributed by atoms with E-state index in [0.717, 1.165) is 0 Å². The molecule has 0 aromatic carbocycles. The number of rotatable bonds is 8. The number of ether oxygens (including phenoxy) is 1. The van der Waals surface area contributed by atoms with E-state index in [9.17, 15) is 38.4 Å². The number of Topliss-reactive ketones (excluding diaryl/α,β-unsaturated/α-hetero) is 1. The second-order valence-corrected chi connectivity index (χ2v) is 6.23. The van der Waals surface area contributed by atoms with E-state index in [0.29, 0.717) is 9.80 Å². The van der Waals surface area contributed by atoms with Crippen molar-refractivity contribution in [3.05, 3.63) is 0 Å². The molecular weight excluding hydrogens is 376 g/mol. The molecule has 0 bridgehead atoms. The molecule has 28 heavy (non-hydrogen) atoms. The molecule has 2 saturated heterocycles. The van der Waals surface area contributed by atoms with Gasteiger partial charge >= 0.3 is 5.97 Å². The van der Waals surface area contributed by atoms with Gasteiger partial charge in [-0.05, 0) is 0 Å². The molecule has 0 spiro atoms. The van der Waals surface area contributed by atoms with Gasteiger partial charge in [0.05, 0.1) is 6.42 Å². The van der Waals surface area contributed by atoms with Gasteiger partial charge in [-0.25, -0.2) is 9.80 Å². The Morgan fingerprint density at radius 2 is 1.04 bits per heavy atom. The number of hydrogen-bond donors (Lipinski definition) is 0. The van der Waals surface area contributed by atoms with Gasteiger partial charge in [-0.3, -0.25) is 38.4 Å². The van der Waals surface area contributed by atoms with Crippen molar-refractivity contribution in [3.63, 3.8) is 0 Å². The predicted octanol–water partition coefficient (Wildman–Crippen LogP) is -0.990. The number of imide groups is 6. The molecule has 0 aromatic heterocycles. The third kappa shape index (κ3) is 5.15. The van der Waals surface area contributed by atoms with E-state index < -0.39 is 66.6 Å². The maximum Gasteiger partial charge on any atom is 0.306 e. The van der Waals surface area contributed by atoms with Crippen LogP contribution in [0.15, 0.2) is 0 Å². The minimum absolute atomic E-state index is 0.0382. The van der Waals surface area contributed by atoms with Crippen molar-refractivity contribution in [2.45, 2.75) is 51.4 Å². The number of carbonyl (C=O) groups is 8. The van der Waals surface area contributed by atoms with E-state index in [1.807, 2.05) is 0 Å². The van der Waals surface area contributed by atoms with Gasteiger partial charge in [0.15, 0.2) is 5.78 Å². The molecule has 0 unspecified atom stereocenters. The number of likely N-dealkylation sites (tertiary alicyclic amines) is 2. The highest BCUT2D eigenvalue weighted by molar-refractivity contribution is 6.16. The molecule has 6 amide bonds. The second kappa shape index (κ2) is 9.11. The lowest BCUT2D eigenvalue weighted by Gasteiger charge is -2.12. The van der Waals surface area contributed by atoms with E-state index in [4.69, 9.17) is 0 Å². The van der Waals surface area contributed by atoms with Gasteiger partial charge in [-0.2, -0.15) is 0 Å². The first-order valence-corrected chi connectivity index (χ1v) is 8.65. The van der Waals surface area contributed by atoms with Crippen LogP contribution in [0.5, 0.6) is 0 Å². The Balaban J connectivity index is 1.66. The summed E-state index contributed by atoms with van der Waals surface area (Å²) in [6.45, 7) is -0.635. The van der Waals surface area contributed by atoms with Crippen LogP contribution in [0.3, 0.4) is 0 Å². The largest absolute Gasteiger partial charge is 0.458 e. The quantitative estimate of drug-likeness (QED) is 0.373. The van der Waals surface area contributed by atoms with Gasteiger partial charge in [0.1, 0.15) is 6.61 Å². The van der Waals surface area contributed by atoms with Crippen molar-refractivity contribution in [2.24, 2.45) is 0 Å². The third-order valence-electron chi connectivity index (χ3n) is 4.16. The topological polar surface area (TPSA) is 152 Å². The lowest BCUT2D eigenvalue weighted by Crippen LogP contribution is -2.36. The lowest BCUT2D eigenvalue weighted by atomic mass is 10.2. The molecule has 2 fully saturated rings. The van der Waals surface area contributed by atoms with Crippen LogP contribution in [0.25, 0.3) is 0 Å². The molecule has 2 heterocycles. The molecular formula is C17H18N2O9. The Morgan fingerprint density at radius 3 is 1.46 bits per heavy atom. The molecule has 150 valence electrons. The molecule has 2 rings (SSSR count). The highest BCUT2D eigenvalue weighted by Crippen LogP contribution is 2.15. The number of ketones is 1. The van der Waals surface area contributed by atoms with Gasteiger partial charge in [0, 0.05) is 44.9 Å². The standard InChI is InChI=1S/C17H18N2O9/c20-10(1-2-11(21)18-12(22)3-4-13(18)23)9-28-17(27)8-7-16(26)19-14(24)5-6-15(19)25/h1-9H2. The van der Waals surface area contributed by atoms with Crippen molar-refractivity contribution >= 4 is 47.2 Å². The van der Waals surface area contributed by atoms with Crippen LogP contribution >= 0.6 is 0 Å². The summed E-state index contributed by atoms with van der Waals surface area (Å²) in [4.78, 5) is 93.5. The first kappa shape index (κ1) is 21.1. The number of amides is 6. The summed E-state index contributed by atoms with van der Waals surface area (Å²) >= 11 is 0. The molecule has 0 atom stereocenters. The summed E-state index contributed by atoms with van der Waals surface area (Å²) in [5.74, 6) is -5.49. The van der Waals surface area contributed by atoms with Crippen molar-refractivity contribution in [3.8, 4) is 0 Å². The van der Waals surface area contributed by atoms with E-state index >= 15 is 0 Å². The van der Waals surface area contributed by atoms with Crippen molar-refractivity contribution in [1.29, 1.82) is 0 Å². The summed E-state index contributed by atoms with van der Waals surface area (Å²) in [7, 11) is 0. The number of nitrogens with zero attached hydrogens (tertiary/aromatic N) is 2. The molecule has 0 aliphatic carbocycles. The van der Waals surface area contributed by atoms with Gasteiger partial charge in [0.25, 0.3) is 0 Å². The fourth-order valence-corrected chi connectivity index (χ4v) is 2.69. The Morgan fingerprint density at radius 1 is 0.643 bits per heavy atom. The maximum absolute atomic E-state index is 11.8. The third-order valence-corrected chi connectivity index (χ3v) is 4.16. The summed E-state index contributed by atoms with van der Waals surface area (Å²) in [6.07, 6.45) is -1.69. The van der Waals surface area contributed by atoms with Crippen LogP contribution in [-0.2, 0) is 43.1 Å². The molecule has 11 nitrogen and oxygen atoms in total. The SMILES string of the molecule is O=C(CCC(=O)N1C(=O)CCC1=O)COC(=O)CCC(=O)N1C(=O)CCC1=O. The van der Waals surface area contributed by atoms with Gasteiger partial charge in [-0.15, -0.1) is 0 Å². The Hall–Kier alpha value is -3.24. The van der Waals surface area contributed by atoms with Crippen LogP contribution in [0.1, 0.15) is 51.4 Å². The molecule has 0 radical (unpaired) electrons. The summed E-state index contributed by atoms with van der Waals surface area (Å²) in [5.41, 5.74) is 0. The second-order valence-electron chi connectivity index (χ2n) is 6.23. The molecule has 11 heteroatoms. The number of carbonyl (C=O) groups excluding carboxylic acids is 8. The highest BCUT2D eigenvalue weighted by atomic mass is 16.5. The average Bonchev–Trinajstić information content (AvgIpc) is 3.16. The monoisotopic (exact) mass is 394 g/mol. The zero-order chi connectivity index (χ0) is 20.8. The first-order valence-electron chi connectivity index (χ1n) is 8.65. The van der Waals surface area contributed by atoms with Crippen LogP contribution < -0.4 is 0 Å². The predicted molar refractivity (Wildman–Crippen MR) is 86.6 cm³/mol. The zero-order valence-electron chi connectivity index (χ0n) is 14.9. The Kier molecular flexibility index (Phi) is 6.85. The Labute approximate surface area is 158 Å². The van der Waals surface area contributed by atoms with E-state index in [-0.39, 0.29) is 38.5 Å². The fraction of sp³-hybridized carbons (Fsp3) is 0.529. The van der Waals surface area contributed by atoms with E-state index in [1.165, 1.54) is 0 Å². The van der Waals surface area contributed by atoms with Crippen LogP contribution in [0.4, 0.5) is 0 Å². The average molecular weight is 394 g/mol. The van der Waals surface area contributed by atoms with Gasteiger partial charge in [0.2, 0.25) is 35.4 Å². The highest BCUT2D eigenvalue weighted by Gasteiger charge is 2.35. The van der Waals surface area contributed by atoms with Crippen molar-refractivity contribution in [2.75, 3.05) is 6.61 Å². The summed E-state index contributed by atoms with van der Waals surface area (Å²) < 4.78 is 4.68. The van der Waals surface area contributed by atoms with Gasteiger partial charge in [-0.1, -0.05) is 0 Å². The molecule has 2 aliphatic heterocycles. The molecule has 0 aromatic rings. The maximum atomic E-state index is 11.8.